The van der Waals surface area contributed by atoms with E-state index >= 15 is 0 Å². The van der Waals surface area contributed by atoms with E-state index < -0.39 is 5.97 Å². The monoisotopic (exact) mass is 294 g/mol. The van der Waals surface area contributed by atoms with E-state index in [1.54, 1.807) is 29.0 Å². The zero-order chi connectivity index (χ0) is 12.4. The van der Waals surface area contributed by atoms with Crippen LogP contribution in [0.5, 0.6) is 5.75 Å². The van der Waals surface area contributed by atoms with E-state index in [2.05, 4.69) is 15.9 Å². The lowest BCUT2D eigenvalue weighted by atomic mass is 10.1. The quantitative estimate of drug-likeness (QED) is 0.834. The molecule has 0 fully saturated rings. The van der Waals surface area contributed by atoms with Crippen molar-refractivity contribution >= 4 is 21.9 Å². The van der Waals surface area contributed by atoms with Gasteiger partial charge in [0.1, 0.15) is 5.56 Å². The molecule has 17 heavy (non-hydrogen) atoms. The number of nitrogens with zero attached hydrogens (tertiary/aromatic N) is 1. The molecule has 0 spiro atoms. The van der Waals surface area contributed by atoms with Gasteiger partial charge in [-0.3, -0.25) is 0 Å². The Morgan fingerprint density at radius 1 is 1.29 bits per heavy atom. The molecule has 0 atom stereocenters. The first-order chi connectivity index (χ1) is 8.08. The predicted molar refractivity (Wildman–Crippen MR) is 64.3 cm³/mol. The number of halogens is 1. The van der Waals surface area contributed by atoms with Crippen LogP contribution in [-0.4, -0.2) is 16.2 Å². The van der Waals surface area contributed by atoms with E-state index in [1.807, 2.05) is 0 Å². The van der Waals surface area contributed by atoms with Crippen LogP contribution in [0, 0.1) is 0 Å². The molecule has 0 radical (unpaired) electrons. The second kappa shape index (κ2) is 4.55. The number of aromatic carboxylic acids is 1. The van der Waals surface area contributed by atoms with Gasteiger partial charge in [-0.15, -0.1) is 0 Å². The number of benzene rings is 1. The predicted octanol–water partition coefficient (Wildman–Crippen LogP) is 2.13. The van der Waals surface area contributed by atoms with Crippen molar-refractivity contribution in [3.63, 3.8) is 0 Å². The lowest BCUT2D eigenvalue weighted by Gasteiger charge is -2.01. The Kier molecular flexibility index (Phi) is 3.10. The summed E-state index contributed by atoms with van der Waals surface area (Å²) in [5.74, 6) is -0.938. The van der Waals surface area contributed by atoms with Gasteiger partial charge in [-0.25, -0.2) is 4.79 Å². The van der Waals surface area contributed by atoms with E-state index in [-0.39, 0.29) is 11.3 Å². The average molecular weight is 295 g/mol. The minimum atomic E-state index is -1.01. The van der Waals surface area contributed by atoms with E-state index in [0.717, 1.165) is 4.47 Å². The molecule has 1 heterocycles. The van der Waals surface area contributed by atoms with E-state index in [1.165, 1.54) is 18.3 Å². The minimum Gasteiger partial charge on any atom is -0.503 e. The fraction of sp³-hybridized carbons (Fsp3) is 0. The first kappa shape index (κ1) is 11.6. The molecule has 2 aromatic rings. The van der Waals surface area contributed by atoms with Crippen LogP contribution in [0.1, 0.15) is 10.4 Å². The maximum atomic E-state index is 11.1. The fourth-order valence-electron chi connectivity index (χ4n) is 1.51. The Morgan fingerprint density at radius 3 is 2.71 bits per heavy atom. The van der Waals surface area contributed by atoms with E-state index in [9.17, 15) is 9.90 Å². The van der Waals surface area contributed by atoms with Crippen LogP contribution < -0.4 is 4.57 Å². The van der Waals surface area contributed by atoms with Crippen LogP contribution >= 0.6 is 15.9 Å². The SMILES string of the molecule is O=C(O)c1ccc(Br)cc1-[n+]1cccc(O)c1. The number of carboxylic acid groups (broad SMARTS) is 1. The molecule has 0 unspecified atom stereocenters. The zero-order valence-electron chi connectivity index (χ0n) is 8.67. The van der Waals surface area contributed by atoms with Crippen LogP contribution in [0.25, 0.3) is 5.69 Å². The smallest absolute Gasteiger partial charge is 0.342 e. The molecular formula is C12H9BrNO3+. The number of hydrogen-bond donors (Lipinski definition) is 2. The highest BCUT2D eigenvalue weighted by molar-refractivity contribution is 9.10. The van der Waals surface area contributed by atoms with Gasteiger partial charge in [-0.2, -0.15) is 4.57 Å². The summed E-state index contributed by atoms with van der Waals surface area (Å²) in [6, 6.07) is 8.02. The largest absolute Gasteiger partial charge is 0.503 e. The maximum absolute atomic E-state index is 11.1. The molecule has 2 N–H and O–H groups in total. The molecule has 4 nitrogen and oxygen atoms in total. The number of aromatic nitrogens is 1. The van der Waals surface area contributed by atoms with Crippen molar-refractivity contribution in [1.82, 2.24) is 0 Å². The lowest BCUT2D eigenvalue weighted by Crippen LogP contribution is -2.31. The summed E-state index contributed by atoms with van der Waals surface area (Å²) in [5.41, 5.74) is 0.659. The zero-order valence-corrected chi connectivity index (χ0v) is 10.3. The molecule has 86 valence electrons. The molecule has 1 aromatic carbocycles. The van der Waals surface area contributed by atoms with Gasteiger partial charge in [0.2, 0.25) is 11.9 Å². The first-order valence-electron chi connectivity index (χ1n) is 4.81. The van der Waals surface area contributed by atoms with Crippen molar-refractivity contribution in [3.8, 4) is 11.4 Å². The molecule has 0 bridgehead atoms. The van der Waals surface area contributed by atoms with Crippen LogP contribution in [0.3, 0.4) is 0 Å². The summed E-state index contributed by atoms with van der Waals surface area (Å²) in [4.78, 5) is 11.1. The van der Waals surface area contributed by atoms with Gasteiger partial charge in [0, 0.05) is 16.6 Å². The van der Waals surface area contributed by atoms with Crippen molar-refractivity contribution in [2.75, 3.05) is 0 Å². The summed E-state index contributed by atoms with van der Waals surface area (Å²) in [7, 11) is 0. The van der Waals surface area contributed by atoms with Crippen molar-refractivity contribution in [1.29, 1.82) is 0 Å². The molecule has 1 aromatic heterocycles. The van der Waals surface area contributed by atoms with Gasteiger partial charge in [-0.05, 0) is 18.2 Å². The van der Waals surface area contributed by atoms with Gasteiger partial charge in [0.05, 0.1) is 0 Å². The summed E-state index contributed by atoms with van der Waals surface area (Å²) in [5, 5.41) is 18.5. The number of carbonyl (C=O) groups is 1. The molecule has 0 aliphatic heterocycles. The van der Waals surface area contributed by atoms with Gasteiger partial charge in [0.25, 0.3) is 0 Å². The Labute approximate surface area is 106 Å². The van der Waals surface area contributed by atoms with Gasteiger partial charge >= 0.3 is 5.97 Å². The Morgan fingerprint density at radius 2 is 2.06 bits per heavy atom. The van der Waals surface area contributed by atoms with Crippen LogP contribution in [0.2, 0.25) is 0 Å². The Balaban J connectivity index is 2.65. The Bertz CT molecular complexity index is 584. The second-order valence-corrected chi connectivity index (χ2v) is 4.35. The number of rotatable bonds is 2. The number of aromatic hydroxyl groups is 1. The van der Waals surface area contributed by atoms with Crippen LogP contribution in [0.4, 0.5) is 0 Å². The number of pyridine rings is 1. The summed E-state index contributed by atoms with van der Waals surface area (Å²) >= 11 is 3.29. The molecule has 0 aliphatic carbocycles. The highest BCUT2D eigenvalue weighted by atomic mass is 79.9. The van der Waals surface area contributed by atoms with E-state index in [0.29, 0.717) is 5.69 Å². The third-order valence-electron chi connectivity index (χ3n) is 2.25. The normalized spacial score (nSPS) is 10.2. The number of carboxylic acids is 1. The Hall–Kier alpha value is -1.88. The topological polar surface area (TPSA) is 61.4 Å². The van der Waals surface area contributed by atoms with Crippen LogP contribution in [0.15, 0.2) is 47.2 Å². The third kappa shape index (κ3) is 2.45. The molecule has 0 aliphatic rings. The van der Waals surface area contributed by atoms with Gasteiger partial charge in [-0.1, -0.05) is 15.9 Å². The van der Waals surface area contributed by atoms with Crippen LogP contribution in [-0.2, 0) is 0 Å². The first-order valence-corrected chi connectivity index (χ1v) is 5.61. The molecule has 0 amide bonds. The summed E-state index contributed by atoms with van der Waals surface area (Å²) in [6.45, 7) is 0. The standard InChI is InChI=1S/C12H8BrNO3/c13-8-3-4-10(12(16)17)11(6-8)14-5-1-2-9(15)7-14/h1-7H,(H-,15,16,17)/p+1. The van der Waals surface area contributed by atoms with Crippen molar-refractivity contribution in [2.45, 2.75) is 0 Å². The number of hydrogen-bond acceptors (Lipinski definition) is 2. The highest BCUT2D eigenvalue weighted by Crippen LogP contribution is 2.17. The molecule has 5 heteroatoms. The minimum absolute atomic E-state index is 0.0730. The second-order valence-electron chi connectivity index (χ2n) is 3.44. The highest BCUT2D eigenvalue weighted by Gasteiger charge is 2.18. The lowest BCUT2D eigenvalue weighted by molar-refractivity contribution is -0.596. The van der Waals surface area contributed by atoms with E-state index in [4.69, 9.17) is 5.11 Å². The molecular weight excluding hydrogens is 286 g/mol. The fourth-order valence-corrected chi connectivity index (χ4v) is 1.86. The average Bonchev–Trinajstić information content (AvgIpc) is 2.28. The summed E-state index contributed by atoms with van der Waals surface area (Å²) in [6.07, 6.45) is 3.13. The third-order valence-corrected chi connectivity index (χ3v) is 2.75. The maximum Gasteiger partial charge on any atom is 0.342 e. The van der Waals surface area contributed by atoms with Crippen molar-refractivity contribution in [2.24, 2.45) is 0 Å². The van der Waals surface area contributed by atoms with Crippen molar-refractivity contribution < 1.29 is 19.6 Å². The molecule has 0 saturated carbocycles. The van der Waals surface area contributed by atoms with Gasteiger partial charge < -0.3 is 10.2 Å². The van der Waals surface area contributed by atoms with Crippen molar-refractivity contribution in [3.05, 3.63) is 52.8 Å². The molecule has 0 saturated heterocycles. The molecule has 2 rings (SSSR count). The van der Waals surface area contributed by atoms with Gasteiger partial charge in [0.15, 0.2) is 11.9 Å². The summed E-state index contributed by atoms with van der Waals surface area (Å²) < 4.78 is 2.33.